The Hall–Kier alpha value is -2.55. The molecule has 2 aliphatic rings. The van der Waals surface area contributed by atoms with Crippen molar-refractivity contribution in [3.63, 3.8) is 0 Å². The van der Waals surface area contributed by atoms with Crippen LogP contribution in [0.2, 0.25) is 5.02 Å². The summed E-state index contributed by atoms with van der Waals surface area (Å²) in [6, 6.07) is 13.8. The lowest BCUT2D eigenvalue weighted by molar-refractivity contribution is 0.592. The summed E-state index contributed by atoms with van der Waals surface area (Å²) in [7, 11) is -0.0933. The van der Waals surface area contributed by atoms with E-state index in [4.69, 9.17) is 11.6 Å². The third-order valence-corrected chi connectivity index (χ3v) is 6.02. The third kappa shape index (κ3) is 2.54. The summed E-state index contributed by atoms with van der Waals surface area (Å²) in [5.41, 5.74) is 7.35. The van der Waals surface area contributed by atoms with Crippen LogP contribution in [0, 0.1) is 0 Å². The second-order valence-corrected chi connectivity index (χ2v) is 8.36. The number of para-hydroxylation sites is 1. The molecular formula is C17H16ClN5O2S. The molecule has 26 heavy (non-hydrogen) atoms. The van der Waals surface area contributed by atoms with E-state index in [0.717, 1.165) is 11.3 Å². The molecule has 4 rings (SSSR count). The molecule has 0 atom stereocenters. The van der Waals surface area contributed by atoms with Crippen LogP contribution < -0.4 is 16.0 Å². The largest absolute Gasteiger partial charge is 0.362 e. The van der Waals surface area contributed by atoms with E-state index in [-0.39, 0.29) is 15.7 Å². The second-order valence-electron chi connectivity index (χ2n) is 6.03. The summed E-state index contributed by atoms with van der Waals surface area (Å²) in [5.74, 6) is 0.962. The minimum absolute atomic E-state index is 0.0198. The average Bonchev–Trinajstić information content (AvgIpc) is 3.06. The minimum Gasteiger partial charge on any atom is -0.362 e. The van der Waals surface area contributed by atoms with E-state index in [1.54, 1.807) is 17.1 Å². The van der Waals surface area contributed by atoms with Gasteiger partial charge in [0.15, 0.2) is 10.9 Å². The van der Waals surface area contributed by atoms with Crippen LogP contribution in [0.25, 0.3) is 0 Å². The lowest BCUT2D eigenvalue weighted by atomic mass is 10.1. The maximum absolute atomic E-state index is 13.1. The van der Waals surface area contributed by atoms with Gasteiger partial charge in [0.05, 0.1) is 10.6 Å². The number of benzene rings is 2. The smallest absolute Gasteiger partial charge is 0.226 e. The Bertz CT molecular complexity index is 1060. The molecular weight excluding hydrogens is 374 g/mol. The molecule has 2 aliphatic heterocycles. The van der Waals surface area contributed by atoms with Crippen molar-refractivity contribution in [1.82, 2.24) is 15.9 Å². The predicted molar refractivity (Wildman–Crippen MR) is 101 cm³/mol. The van der Waals surface area contributed by atoms with Gasteiger partial charge in [-0.05, 0) is 30.3 Å². The van der Waals surface area contributed by atoms with E-state index >= 15 is 0 Å². The maximum atomic E-state index is 13.1. The minimum atomic E-state index is -3.83. The number of rotatable bonds is 2. The first-order chi connectivity index (χ1) is 12.4. The first-order valence-electron chi connectivity index (χ1n) is 7.82. The van der Waals surface area contributed by atoms with Gasteiger partial charge in [-0.1, -0.05) is 29.8 Å². The zero-order chi connectivity index (χ0) is 18.5. The summed E-state index contributed by atoms with van der Waals surface area (Å²) in [6.45, 7) is 0. The second kappa shape index (κ2) is 6.01. The first kappa shape index (κ1) is 16.9. The van der Waals surface area contributed by atoms with Crippen molar-refractivity contribution in [2.75, 3.05) is 19.1 Å². The van der Waals surface area contributed by atoms with E-state index in [0.29, 0.717) is 10.9 Å². The molecule has 0 saturated carbocycles. The van der Waals surface area contributed by atoms with Gasteiger partial charge in [-0.25, -0.2) is 18.4 Å². The molecule has 2 N–H and O–H groups in total. The number of nitrogens with zero attached hydrogens (tertiary/aromatic N) is 3. The van der Waals surface area contributed by atoms with Gasteiger partial charge in [-0.2, -0.15) is 0 Å². The fraction of sp³-hybridized carbons (Fsp3) is 0.118. The molecule has 2 aromatic carbocycles. The van der Waals surface area contributed by atoms with Crippen molar-refractivity contribution in [3.8, 4) is 0 Å². The van der Waals surface area contributed by atoms with Gasteiger partial charge in [-0.15, -0.1) is 5.53 Å². The zero-order valence-electron chi connectivity index (χ0n) is 14.1. The number of fused-ring (bicyclic) bond motifs is 3. The van der Waals surface area contributed by atoms with Gasteiger partial charge < -0.3 is 4.90 Å². The Labute approximate surface area is 156 Å². The highest BCUT2D eigenvalue weighted by atomic mass is 35.5. The lowest BCUT2D eigenvalue weighted by Crippen LogP contribution is -2.41. The van der Waals surface area contributed by atoms with Crippen LogP contribution in [0.4, 0.5) is 5.69 Å². The van der Waals surface area contributed by atoms with Crippen molar-refractivity contribution < 1.29 is 8.42 Å². The quantitative estimate of drug-likeness (QED) is 0.819. The van der Waals surface area contributed by atoms with Gasteiger partial charge in [0.2, 0.25) is 9.84 Å². The number of hydrogen-bond acceptors (Lipinski definition) is 7. The number of amidine groups is 1. The lowest BCUT2D eigenvalue weighted by Gasteiger charge is -2.29. The normalized spacial score (nSPS) is 16.0. The molecule has 0 aromatic heterocycles. The van der Waals surface area contributed by atoms with Gasteiger partial charge in [0.25, 0.3) is 0 Å². The zero-order valence-corrected chi connectivity index (χ0v) is 15.6. The van der Waals surface area contributed by atoms with Crippen LogP contribution in [0.3, 0.4) is 0 Å². The highest BCUT2D eigenvalue weighted by Gasteiger charge is 2.37. The third-order valence-electron chi connectivity index (χ3n) is 4.09. The number of anilines is 1. The van der Waals surface area contributed by atoms with Gasteiger partial charge in [0, 0.05) is 24.7 Å². The summed E-state index contributed by atoms with van der Waals surface area (Å²) in [6.07, 6.45) is 0. The number of nitrogens with one attached hydrogen (secondary N) is 2. The summed E-state index contributed by atoms with van der Waals surface area (Å²) < 4.78 is 26.2. The Morgan fingerprint density at radius 3 is 2.62 bits per heavy atom. The number of sulfone groups is 1. The van der Waals surface area contributed by atoms with Crippen LogP contribution in [0.5, 0.6) is 0 Å². The van der Waals surface area contributed by atoms with Crippen LogP contribution in [0.1, 0.15) is 5.56 Å². The van der Waals surface area contributed by atoms with E-state index in [9.17, 15) is 8.42 Å². The molecule has 0 fully saturated rings. The van der Waals surface area contributed by atoms with E-state index < -0.39 is 9.84 Å². The van der Waals surface area contributed by atoms with E-state index in [1.807, 2.05) is 43.3 Å². The molecule has 134 valence electrons. The Morgan fingerprint density at radius 2 is 1.88 bits per heavy atom. The maximum Gasteiger partial charge on any atom is 0.226 e. The number of hydrazine groups is 2. The van der Waals surface area contributed by atoms with Crippen molar-refractivity contribution in [2.45, 2.75) is 4.90 Å². The molecule has 7 nitrogen and oxygen atoms in total. The molecule has 0 bridgehead atoms. The fourth-order valence-corrected chi connectivity index (χ4v) is 4.48. The number of halogens is 1. The van der Waals surface area contributed by atoms with Crippen LogP contribution in [-0.2, 0) is 9.84 Å². The Balaban J connectivity index is 1.92. The van der Waals surface area contributed by atoms with Gasteiger partial charge in [-0.3, -0.25) is 5.43 Å². The molecule has 0 amide bonds. The summed E-state index contributed by atoms with van der Waals surface area (Å²) >= 11 is 5.97. The molecule has 9 heteroatoms. The monoisotopic (exact) mass is 389 g/mol. The number of hydrogen-bond donors (Lipinski definition) is 2. The van der Waals surface area contributed by atoms with Crippen molar-refractivity contribution in [1.29, 1.82) is 0 Å². The number of aliphatic imine (C=N–C) groups is 1. The highest BCUT2D eigenvalue weighted by molar-refractivity contribution is 7.95. The Morgan fingerprint density at radius 1 is 1.12 bits per heavy atom. The standard InChI is InChI=1S/C17H16ClN5O2S/c1-22(2)15-13-8-3-4-9-14(13)23-16(19-15)17(20-21-23)26(24,25)12-7-5-6-11(18)10-12/h3-10,20-21H,1-2H3. The van der Waals surface area contributed by atoms with Crippen molar-refractivity contribution in [3.05, 3.63) is 70.0 Å². The molecule has 0 spiro atoms. The molecule has 0 unspecified atom stereocenters. The van der Waals surface area contributed by atoms with E-state index in [1.165, 1.54) is 12.1 Å². The summed E-state index contributed by atoms with van der Waals surface area (Å²) in [5, 5.41) is 1.96. The first-order valence-corrected chi connectivity index (χ1v) is 9.68. The molecule has 0 radical (unpaired) electrons. The van der Waals surface area contributed by atoms with Crippen LogP contribution >= 0.6 is 11.6 Å². The molecule has 2 aromatic rings. The average molecular weight is 390 g/mol. The topological polar surface area (TPSA) is 77.0 Å². The highest BCUT2D eigenvalue weighted by Crippen LogP contribution is 2.35. The van der Waals surface area contributed by atoms with E-state index in [2.05, 4.69) is 16.0 Å². The molecule has 0 saturated heterocycles. The fourth-order valence-electron chi connectivity index (χ4n) is 2.89. The van der Waals surface area contributed by atoms with Crippen LogP contribution in [0.15, 0.2) is 69.3 Å². The van der Waals surface area contributed by atoms with Gasteiger partial charge >= 0.3 is 0 Å². The Kier molecular flexibility index (Phi) is 3.91. The summed E-state index contributed by atoms with van der Waals surface area (Å²) in [4.78, 5) is 6.54. The molecule has 0 aliphatic carbocycles. The predicted octanol–water partition coefficient (Wildman–Crippen LogP) is 2.09. The van der Waals surface area contributed by atoms with Gasteiger partial charge in [0.1, 0.15) is 5.84 Å². The van der Waals surface area contributed by atoms with Crippen LogP contribution in [-0.4, -0.2) is 33.2 Å². The molecule has 2 heterocycles. The SMILES string of the molecule is CN(C)C1=NC2=C(S(=O)(=O)c3cccc(Cl)c3)NNN2c2ccccc21. The van der Waals surface area contributed by atoms with Crippen molar-refractivity contribution >= 4 is 33.0 Å². The van der Waals surface area contributed by atoms with Crippen molar-refractivity contribution in [2.24, 2.45) is 4.99 Å².